The first kappa shape index (κ1) is 11.1. The van der Waals surface area contributed by atoms with E-state index in [4.69, 9.17) is 9.52 Å². The first-order valence-corrected chi connectivity index (χ1v) is 5.21. The van der Waals surface area contributed by atoms with Gasteiger partial charge in [0, 0.05) is 11.4 Å². The summed E-state index contributed by atoms with van der Waals surface area (Å²) in [6.45, 7) is 2.48. The van der Waals surface area contributed by atoms with Crippen LogP contribution in [-0.4, -0.2) is 17.8 Å². The summed E-state index contributed by atoms with van der Waals surface area (Å²) in [4.78, 5) is 0. The number of fused-ring (bicyclic) bond motifs is 1. The number of benzene rings is 1. The normalized spacial score (nSPS) is 13.2. The van der Waals surface area contributed by atoms with E-state index in [9.17, 15) is 4.39 Å². The number of aliphatic hydroxyl groups is 1. The number of halogens is 1. The highest BCUT2D eigenvalue weighted by Gasteiger charge is 2.06. The van der Waals surface area contributed by atoms with Crippen LogP contribution in [0.5, 0.6) is 0 Å². The molecule has 0 radical (unpaired) electrons. The van der Waals surface area contributed by atoms with Crippen LogP contribution in [0, 0.1) is 5.82 Å². The average Bonchev–Trinajstić information content (AvgIpc) is 2.67. The summed E-state index contributed by atoms with van der Waals surface area (Å²) in [6, 6.07) is 6.25. The number of hydrogen-bond acceptors (Lipinski definition) is 3. The van der Waals surface area contributed by atoms with Crippen LogP contribution in [0.2, 0.25) is 0 Å². The predicted octanol–water partition coefficient (Wildman–Crippen LogP) is 2.04. The quantitative estimate of drug-likeness (QED) is 0.833. The Bertz CT molecular complexity index is 481. The van der Waals surface area contributed by atoms with Crippen LogP contribution in [-0.2, 0) is 6.54 Å². The Labute approximate surface area is 92.9 Å². The summed E-state index contributed by atoms with van der Waals surface area (Å²) < 4.78 is 18.4. The zero-order chi connectivity index (χ0) is 11.5. The molecule has 2 rings (SSSR count). The SMILES string of the molecule is CC(CO)NCc1cc2cc(F)ccc2o1. The summed E-state index contributed by atoms with van der Waals surface area (Å²) in [5.74, 6) is 0.470. The van der Waals surface area contributed by atoms with Gasteiger partial charge in [0.25, 0.3) is 0 Å². The summed E-state index contributed by atoms with van der Waals surface area (Å²) >= 11 is 0. The van der Waals surface area contributed by atoms with Crippen LogP contribution in [0.1, 0.15) is 12.7 Å². The lowest BCUT2D eigenvalue weighted by atomic mass is 10.2. The third-order valence-electron chi connectivity index (χ3n) is 2.43. The Morgan fingerprint density at radius 1 is 1.44 bits per heavy atom. The predicted molar refractivity (Wildman–Crippen MR) is 59.6 cm³/mol. The minimum absolute atomic E-state index is 0.0185. The van der Waals surface area contributed by atoms with Crippen molar-refractivity contribution < 1.29 is 13.9 Å². The molecule has 1 aromatic heterocycles. The van der Waals surface area contributed by atoms with E-state index in [1.54, 1.807) is 12.1 Å². The maximum Gasteiger partial charge on any atom is 0.134 e. The molecule has 0 saturated heterocycles. The smallest absolute Gasteiger partial charge is 0.134 e. The Morgan fingerprint density at radius 2 is 2.25 bits per heavy atom. The highest BCUT2D eigenvalue weighted by molar-refractivity contribution is 5.77. The third kappa shape index (κ3) is 2.40. The molecule has 2 N–H and O–H groups in total. The number of nitrogens with one attached hydrogen (secondary N) is 1. The van der Waals surface area contributed by atoms with Gasteiger partial charge in [-0.05, 0) is 31.2 Å². The molecule has 0 aliphatic carbocycles. The molecular weight excluding hydrogens is 209 g/mol. The van der Waals surface area contributed by atoms with Crippen molar-refractivity contribution in [3.05, 3.63) is 35.8 Å². The van der Waals surface area contributed by atoms with Crippen molar-refractivity contribution in [3.8, 4) is 0 Å². The van der Waals surface area contributed by atoms with Gasteiger partial charge in [-0.2, -0.15) is 0 Å². The molecule has 1 atom stereocenters. The second kappa shape index (κ2) is 4.63. The molecule has 1 unspecified atom stereocenters. The highest BCUT2D eigenvalue weighted by Crippen LogP contribution is 2.20. The molecule has 1 aromatic carbocycles. The Morgan fingerprint density at radius 3 is 3.00 bits per heavy atom. The van der Waals surface area contributed by atoms with E-state index in [0.717, 1.165) is 11.1 Å². The summed E-state index contributed by atoms with van der Waals surface area (Å²) in [7, 11) is 0. The minimum Gasteiger partial charge on any atom is -0.460 e. The molecule has 3 nitrogen and oxygen atoms in total. The van der Waals surface area contributed by atoms with Crippen molar-refractivity contribution in [2.75, 3.05) is 6.61 Å². The molecule has 0 bridgehead atoms. The van der Waals surface area contributed by atoms with Crippen molar-refractivity contribution in [1.82, 2.24) is 5.32 Å². The molecule has 4 heteroatoms. The van der Waals surface area contributed by atoms with Crippen LogP contribution in [0.15, 0.2) is 28.7 Å². The van der Waals surface area contributed by atoms with E-state index in [2.05, 4.69) is 5.32 Å². The highest BCUT2D eigenvalue weighted by atomic mass is 19.1. The molecule has 0 amide bonds. The maximum absolute atomic E-state index is 12.9. The van der Waals surface area contributed by atoms with Gasteiger partial charge in [0.1, 0.15) is 17.2 Å². The van der Waals surface area contributed by atoms with Crippen molar-refractivity contribution in [2.45, 2.75) is 19.5 Å². The van der Waals surface area contributed by atoms with Gasteiger partial charge < -0.3 is 14.8 Å². The van der Waals surface area contributed by atoms with Gasteiger partial charge in [-0.15, -0.1) is 0 Å². The van der Waals surface area contributed by atoms with E-state index >= 15 is 0 Å². The van der Waals surface area contributed by atoms with Crippen LogP contribution in [0.3, 0.4) is 0 Å². The Hall–Kier alpha value is -1.39. The van der Waals surface area contributed by atoms with Gasteiger partial charge in [-0.1, -0.05) is 0 Å². The lowest BCUT2D eigenvalue weighted by Crippen LogP contribution is -2.28. The number of hydrogen-bond donors (Lipinski definition) is 2. The van der Waals surface area contributed by atoms with Crippen LogP contribution in [0.25, 0.3) is 11.0 Å². The average molecular weight is 223 g/mol. The molecule has 0 aliphatic rings. The van der Waals surface area contributed by atoms with Crippen LogP contribution >= 0.6 is 0 Å². The van der Waals surface area contributed by atoms with Crippen molar-refractivity contribution in [2.24, 2.45) is 0 Å². The van der Waals surface area contributed by atoms with E-state index < -0.39 is 0 Å². The second-order valence-electron chi connectivity index (χ2n) is 3.86. The molecular formula is C12H14FNO2. The summed E-state index contributed by atoms with van der Waals surface area (Å²) in [5.41, 5.74) is 0.676. The van der Waals surface area contributed by atoms with E-state index in [-0.39, 0.29) is 18.5 Å². The summed E-state index contributed by atoms with van der Waals surface area (Å²) in [5, 5.41) is 12.7. The number of furan rings is 1. The number of rotatable bonds is 4. The van der Waals surface area contributed by atoms with Crippen molar-refractivity contribution >= 4 is 11.0 Å². The van der Waals surface area contributed by atoms with Gasteiger partial charge in [0.05, 0.1) is 13.2 Å². The Balaban J connectivity index is 2.13. The minimum atomic E-state index is -0.267. The van der Waals surface area contributed by atoms with Gasteiger partial charge in [0.2, 0.25) is 0 Å². The van der Waals surface area contributed by atoms with E-state index in [1.165, 1.54) is 12.1 Å². The molecule has 0 fully saturated rings. The standard InChI is InChI=1S/C12H14FNO2/c1-8(7-15)14-6-11-5-9-4-10(13)2-3-12(9)16-11/h2-5,8,14-15H,6-7H2,1H3. The first-order chi connectivity index (χ1) is 7.69. The van der Waals surface area contributed by atoms with Crippen molar-refractivity contribution in [3.63, 3.8) is 0 Å². The fraction of sp³-hybridized carbons (Fsp3) is 0.333. The summed E-state index contributed by atoms with van der Waals surface area (Å²) in [6.07, 6.45) is 0. The third-order valence-corrected chi connectivity index (χ3v) is 2.43. The van der Waals surface area contributed by atoms with Crippen molar-refractivity contribution in [1.29, 1.82) is 0 Å². The van der Waals surface area contributed by atoms with Crippen LogP contribution in [0.4, 0.5) is 4.39 Å². The van der Waals surface area contributed by atoms with E-state index in [1.807, 2.05) is 6.92 Å². The maximum atomic E-state index is 12.9. The zero-order valence-electron chi connectivity index (χ0n) is 9.03. The van der Waals surface area contributed by atoms with Gasteiger partial charge in [-0.3, -0.25) is 0 Å². The zero-order valence-corrected chi connectivity index (χ0v) is 9.03. The molecule has 16 heavy (non-hydrogen) atoms. The monoisotopic (exact) mass is 223 g/mol. The largest absolute Gasteiger partial charge is 0.460 e. The molecule has 1 heterocycles. The molecule has 0 aliphatic heterocycles. The lowest BCUT2D eigenvalue weighted by Gasteiger charge is -2.07. The van der Waals surface area contributed by atoms with Gasteiger partial charge in [0.15, 0.2) is 0 Å². The fourth-order valence-corrected chi connectivity index (χ4v) is 1.50. The first-order valence-electron chi connectivity index (χ1n) is 5.21. The van der Waals surface area contributed by atoms with Gasteiger partial charge in [-0.25, -0.2) is 4.39 Å². The molecule has 2 aromatic rings. The van der Waals surface area contributed by atoms with E-state index in [0.29, 0.717) is 12.1 Å². The number of aliphatic hydroxyl groups excluding tert-OH is 1. The fourth-order valence-electron chi connectivity index (χ4n) is 1.50. The molecule has 86 valence electrons. The topological polar surface area (TPSA) is 45.4 Å². The second-order valence-corrected chi connectivity index (χ2v) is 3.86. The molecule has 0 saturated carbocycles. The van der Waals surface area contributed by atoms with Crippen LogP contribution < -0.4 is 5.32 Å². The lowest BCUT2D eigenvalue weighted by molar-refractivity contribution is 0.248. The molecule has 0 spiro atoms. The Kier molecular flexibility index (Phi) is 3.22. The van der Waals surface area contributed by atoms with Gasteiger partial charge >= 0.3 is 0 Å².